The van der Waals surface area contributed by atoms with E-state index < -0.39 is 17.9 Å². The van der Waals surface area contributed by atoms with Gasteiger partial charge >= 0.3 is 5.97 Å². The van der Waals surface area contributed by atoms with Gasteiger partial charge in [-0.3, -0.25) is 4.79 Å². The molecule has 0 saturated heterocycles. The van der Waals surface area contributed by atoms with E-state index in [0.717, 1.165) is 4.90 Å². The summed E-state index contributed by atoms with van der Waals surface area (Å²) in [7, 11) is 1.44. The van der Waals surface area contributed by atoms with Gasteiger partial charge in [-0.15, -0.1) is 0 Å². The van der Waals surface area contributed by atoms with Crippen molar-refractivity contribution in [1.82, 2.24) is 4.90 Å². The van der Waals surface area contributed by atoms with E-state index >= 15 is 0 Å². The molecule has 0 spiro atoms. The van der Waals surface area contributed by atoms with Gasteiger partial charge < -0.3 is 20.2 Å². The van der Waals surface area contributed by atoms with Crippen molar-refractivity contribution in [2.24, 2.45) is 5.73 Å². The first-order chi connectivity index (χ1) is 8.01. The highest BCUT2D eigenvalue weighted by Crippen LogP contribution is 2.12. The lowest BCUT2D eigenvalue weighted by atomic mass is 10.2. The molecule has 0 aliphatic carbocycles. The monoisotopic (exact) mass is 240 g/mol. The molecule has 17 heavy (non-hydrogen) atoms. The molecule has 0 radical (unpaired) electrons. The number of aliphatic carboxylic acids is 1. The van der Waals surface area contributed by atoms with E-state index in [1.807, 2.05) is 0 Å². The fraction of sp³-hybridized carbons (Fsp3) is 0.455. The Kier molecular flexibility index (Phi) is 4.28. The van der Waals surface area contributed by atoms with Gasteiger partial charge in [-0.05, 0) is 18.6 Å². The largest absolute Gasteiger partial charge is 0.480 e. The van der Waals surface area contributed by atoms with Crippen molar-refractivity contribution >= 4 is 11.9 Å². The lowest BCUT2D eigenvalue weighted by molar-refractivity contribution is -0.142. The number of rotatable bonds is 5. The molecule has 0 aliphatic rings. The van der Waals surface area contributed by atoms with E-state index in [-0.39, 0.29) is 12.3 Å². The van der Waals surface area contributed by atoms with Gasteiger partial charge in [-0.2, -0.15) is 0 Å². The molecule has 1 heterocycles. The number of hydrogen-bond acceptors (Lipinski definition) is 4. The molecular formula is C11H16N2O4. The second-order valence-corrected chi connectivity index (χ2v) is 3.65. The molecule has 1 rings (SSSR count). The van der Waals surface area contributed by atoms with Gasteiger partial charge in [0.05, 0.1) is 6.54 Å². The number of hydrogen-bond donors (Lipinski definition) is 2. The van der Waals surface area contributed by atoms with Gasteiger partial charge in [0.25, 0.3) is 5.91 Å². The number of nitrogens with two attached hydrogens (primary N) is 1. The van der Waals surface area contributed by atoms with Crippen LogP contribution in [0, 0.1) is 0 Å². The smallest absolute Gasteiger partial charge is 0.326 e. The summed E-state index contributed by atoms with van der Waals surface area (Å²) in [6, 6.07) is 2.24. The van der Waals surface area contributed by atoms with Crippen molar-refractivity contribution in [3.63, 3.8) is 0 Å². The summed E-state index contributed by atoms with van der Waals surface area (Å²) in [6.07, 6.45) is 0.335. The van der Waals surface area contributed by atoms with Crippen molar-refractivity contribution in [3.05, 3.63) is 23.7 Å². The van der Waals surface area contributed by atoms with Gasteiger partial charge in [0.2, 0.25) is 0 Å². The van der Waals surface area contributed by atoms with Crippen molar-refractivity contribution < 1.29 is 19.1 Å². The lowest BCUT2D eigenvalue weighted by Gasteiger charge is -2.22. The molecule has 1 amide bonds. The van der Waals surface area contributed by atoms with Gasteiger partial charge in [-0.25, -0.2) is 4.79 Å². The molecule has 1 aromatic heterocycles. The SMILES string of the molecule is CCC(C(=O)O)N(C)C(=O)c1ccc(CN)o1. The molecule has 6 heteroatoms. The standard InChI is InChI=1S/C11H16N2O4/c1-3-8(11(15)16)13(2)10(14)9-5-4-7(6-12)17-9/h4-5,8H,3,6,12H2,1-2H3,(H,15,16). The molecule has 0 saturated carbocycles. The van der Waals surface area contributed by atoms with Gasteiger partial charge in [-0.1, -0.05) is 6.92 Å². The number of amides is 1. The maximum absolute atomic E-state index is 11.9. The maximum atomic E-state index is 11.9. The van der Waals surface area contributed by atoms with Crippen molar-refractivity contribution in [2.75, 3.05) is 7.05 Å². The van der Waals surface area contributed by atoms with Crippen LogP contribution < -0.4 is 5.73 Å². The van der Waals surface area contributed by atoms with Crippen LogP contribution in [-0.2, 0) is 11.3 Å². The summed E-state index contributed by atoms with van der Waals surface area (Å²) < 4.78 is 5.18. The first-order valence-corrected chi connectivity index (χ1v) is 5.30. The molecule has 3 N–H and O–H groups in total. The number of carboxylic acid groups (broad SMARTS) is 1. The Morgan fingerprint density at radius 2 is 2.18 bits per heavy atom. The minimum absolute atomic E-state index is 0.104. The van der Waals surface area contributed by atoms with Crippen LogP contribution in [0.25, 0.3) is 0 Å². The molecule has 0 aromatic carbocycles. The summed E-state index contributed by atoms with van der Waals surface area (Å²) >= 11 is 0. The lowest BCUT2D eigenvalue weighted by Crippen LogP contribution is -2.41. The van der Waals surface area contributed by atoms with Crippen LogP contribution in [0.15, 0.2) is 16.5 Å². The summed E-state index contributed by atoms with van der Waals surface area (Å²) in [6.45, 7) is 1.91. The number of carbonyl (C=O) groups is 2. The number of nitrogens with zero attached hydrogens (tertiary/aromatic N) is 1. The van der Waals surface area contributed by atoms with Crippen molar-refractivity contribution in [1.29, 1.82) is 0 Å². The molecule has 6 nitrogen and oxygen atoms in total. The summed E-state index contributed by atoms with van der Waals surface area (Å²) in [5.74, 6) is -0.898. The minimum Gasteiger partial charge on any atom is -0.480 e. The fourth-order valence-electron chi connectivity index (χ4n) is 1.53. The van der Waals surface area contributed by atoms with Crippen molar-refractivity contribution in [2.45, 2.75) is 25.9 Å². The highest BCUT2D eigenvalue weighted by molar-refractivity contribution is 5.94. The fourth-order valence-corrected chi connectivity index (χ4v) is 1.53. The Labute approximate surface area is 99.0 Å². The third kappa shape index (κ3) is 2.85. The first-order valence-electron chi connectivity index (χ1n) is 5.30. The van der Waals surface area contributed by atoms with E-state index in [1.165, 1.54) is 13.1 Å². The van der Waals surface area contributed by atoms with Crippen LogP contribution in [0.4, 0.5) is 0 Å². The summed E-state index contributed by atoms with van der Waals surface area (Å²) in [4.78, 5) is 24.0. The number of furan rings is 1. The summed E-state index contributed by atoms with van der Waals surface area (Å²) in [5, 5.41) is 8.95. The zero-order chi connectivity index (χ0) is 13.0. The molecule has 0 bridgehead atoms. The molecular weight excluding hydrogens is 224 g/mol. The van der Waals surface area contributed by atoms with E-state index in [0.29, 0.717) is 12.2 Å². The minimum atomic E-state index is -1.03. The van der Waals surface area contributed by atoms with Crippen LogP contribution in [0.2, 0.25) is 0 Å². The van der Waals surface area contributed by atoms with E-state index in [9.17, 15) is 9.59 Å². The van der Waals surface area contributed by atoms with Crippen LogP contribution in [0.1, 0.15) is 29.7 Å². The highest BCUT2D eigenvalue weighted by Gasteiger charge is 2.27. The molecule has 1 unspecified atom stereocenters. The first kappa shape index (κ1) is 13.2. The Hall–Kier alpha value is -1.82. The predicted molar refractivity (Wildman–Crippen MR) is 60.4 cm³/mol. The van der Waals surface area contributed by atoms with E-state index in [2.05, 4.69) is 0 Å². The van der Waals surface area contributed by atoms with E-state index in [1.54, 1.807) is 13.0 Å². The summed E-state index contributed by atoms with van der Waals surface area (Å²) in [5.41, 5.74) is 5.36. The average molecular weight is 240 g/mol. The van der Waals surface area contributed by atoms with Gasteiger partial charge in [0.15, 0.2) is 5.76 Å². The Morgan fingerprint density at radius 3 is 2.59 bits per heavy atom. The third-order valence-corrected chi connectivity index (χ3v) is 2.53. The van der Waals surface area contributed by atoms with Crippen LogP contribution in [0.3, 0.4) is 0 Å². The average Bonchev–Trinajstić information content (AvgIpc) is 2.76. The number of carboxylic acids is 1. The molecule has 0 aliphatic heterocycles. The topological polar surface area (TPSA) is 96.8 Å². The molecule has 1 aromatic rings. The second-order valence-electron chi connectivity index (χ2n) is 3.65. The van der Waals surface area contributed by atoms with Crippen LogP contribution in [0.5, 0.6) is 0 Å². The quantitative estimate of drug-likeness (QED) is 0.788. The molecule has 1 atom stereocenters. The van der Waals surface area contributed by atoms with Gasteiger partial charge in [0.1, 0.15) is 11.8 Å². The van der Waals surface area contributed by atoms with Crippen LogP contribution >= 0.6 is 0 Å². The zero-order valence-corrected chi connectivity index (χ0v) is 9.84. The Morgan fingerprint density at radius 1 is 1.53 bits per heavy atom. The Balaban J connectivity index is 2.85. The normalized spacial score (nSPS) is 12.2. The molecule has 94 valence electrons. The Bertz CT molecular complexity index is 413. The number of carbonyl (C=O) groups excluding carboxylic acids is 1. The zero-order valence-electron chi connectivity index (χ0n) is 9.84. The predicted octanol–water partition coefficient (Wildman–Crippen LogP) is 0.674. The molecule has 0 fully saturated rings. The van der Waals surface area contributed by atoms with Crippen LogP contribution in [-0.4, -0.2) is 35.0 Å². The highest BCUT2D eigenvalue weighted by atomic mass is 16.4. The third-order valence-electron chi connectivity index (χ3n) is 2.53. The van der Waals surface area contributed by atoms with Crippen molar-refractivity contribution in [3.8, 4) is 0 Å². The van der Waals surface area contributed by atoms with E-state index in [4.69, 9.17) is 15.3 Å². The second kappa shape index (κ2) is 5.49. The maximum Gasteiger partial charge on any atom is 0.326 e. The van der Waals surface area contributed by atoms with Gasteiger partial charge in [0, 0.05) is 7.05 Å². The number of likely N-dealkylation sites (N-methyl/N-ethyl adjacent to an activating group) is 1.